The second kappa shape index (κ2) is 7.12. The Hall–Kier alpha value is -2.32. The van der Waals surface area contributed by atoms with E-state index < -0.39 is 36.3 Å². The first-order valence-corrected chi connectivity index (χ1v) is 11.4. The number of benzene rings is 2. The first-order valence-electron chi connectivity index (χ1n) is 7.53. The summed E-state index contributed by atoms with van der Waals surface area (Å²) in [6.45, 7) is 5.53. The quantitative estimate of drug-likeness (QED) is 0.328. The summed E-state index contributed by atoms with van der Waals surface area (Å²) in [5, 5.41) is 12.2. The Bertz CT molecular complexity index is 892. The van der Waals surface area contributed by atoms with Crippen LogP contribution in [0.15, 0.2) is 24.3 Å². The van der Waals surface area contributed by atoms with Gasteiger partial charge in [0.25, 0.3) is 5.69 Å². The van der Waals surface area contributed by atoms with Crippen molar-refractivity contribution in [1.82, 2.24) is 0 Å². The molecular formula is C17H16ClF2NO4Si. The van der Waals surface area contributed by atoms with Crippen molar-refractivity contribution in [3.8, 4) is 11.1 Å². The minimum Gasteiger partial charge on any atom is -0.465 e. The number of nitro benzene ring substituents is 1. The van der Waals surface area contributed by atoms with Crippen LogP contribution in [0.3, 0.4) is 0 Å². The third-order valence-electron chi connectivity index (χ3n) is 3.74. The van der Waals surface area contributed by atoms with Gasteiger partial charge in [-0.25, -0.2) is 13.6 Å². The van der Waals surface area contributed by atoms with Gasteiger partial charge in [-0.1, -0.05) is 31.2 Å². The first-order chi connectivity index (χ1) is 12.0. The van der Waals surface area contributed by atoms with Crippen molar-refractivity contribution in [2.45, 2.75) is 19.6 Å². The van der Waals surface area contributed by atoms with E-state index in [2.05, 4.69) is 4.74 Å². The number of halogens is 3. The van der Waals surface area contributed by atoms with Crippen LogP contribution in [-0.2, 0) is 4.74 Å². The predicted molar refractivity (Wildman–Crippen MR) is 97.8 cm³/mol. The zero-order valence-electron chi connectivity index (χ0n) is 14.5. The summed E-state index contributed by atoms with van der Waals surface area (Å²) in [7, 11) is -1.26. The van der Waals surface area contributed by atoms with Crippen LogP contribution >= 0.6 is 11.6 Å². The van der Waals surface area contributed by atoms with Crippen LogP contribution in [0.2, 0.25) is 24.7 Å². The number of carbonyl (C=O) groups excluding carboxylic acids is 1. The lowest BCUT2D eigenvalue weighted by atomic mass is 9.97. The van der Waals surface area contributed by atoms with Gasteiger partial charge in [-0.15, -0.1) is 0 Å². The topological polar surface area (TPSA) is 69.4 Å². The van der Waals surface area contributed by atoms with Gasteiger partial charge in [-0.2, -0.15) is 0 Å². The number of nitrogens with zero attached hydrogens (tertiary/aromatic N) is 1. The molecule has 26 heavy (non-hydrogen) atoms. The second-order valence-electron chi connectivity index (χ2n) is 6.66. The number of carbonyl (C=O) groups is 1. The lowest BCUT2D eigenvalue weighted by Gasteiger charge is -2.21. The Morgan fingerprint density at radius 2 is 1.69 bits per heavy atom. The van der Waals surface area contributed by atoms with Gasteiger partial charge >= 0.3 is 5.97 Å². The molecule has 0 aliphatic carbocycles. The summed E-state index contributed by atoms with van der Waals surface area (Å²) in [6, 6.07) is 3.76. The molecule has 0 fully saturated rings. The van der Waals surface area contributed by atoms with Crippen molar-refractivity contribution in [2.75, 3.05) is 7.11 Å². The molecule has 0 bridgehead atoms. The lowest BCUT2D eigenvalue weighted by molar-refractivity contribution is -0.383. The number of nitro groups is 1. The van der Waals surface area contributed by atoms with Crippen molar-refractivity contribution < 1.29 is 23.2 Å². The smallest absolute Gasteiger partial charge is 0.338 e. The molecule has 0 aliphatic rings. The SMILES string of the molecule is COC(=O)c1cc(Cl)c([Si](C)(C)C)c([N+](=O)[O-])c1-c1cc(F)cc(F)c1. The molecule has 0 aromatic heterocycles. The maximum absolute atomic E-state index is 13.7. The molecule has 0 radical (unpaired) electrons. The minimum absolute atomic E-state index is 0.0527. The molecule has 138 valence electrons. The summed E-state index contributed by atoms with van der Waals surface area (Å²) in [5.74, 6) is -2.74. The molecule has 9 heteroatoms. The van der Waals surface area contributed by atoms with Gasteiger partial charge in [0.05, 0.1) is 31.2 Å². The molecule has 0 N–H and O–H groups in total. The molecule has 2 aromatic carbocycles. The van der Waals surface area contributed by atoms with E-state index in [0.717, 1.165) is 19.2 Å². The first kappa shape index (κ1) is 20.0. The van der Waals surface area contributed by atoms with E-state index in [1.165, 1.54) is 6.07 Å². The van der Waals surface area contributed by atoms with Gasteiger partial charge in [0, 0.05) is 16.3 Å². The third kappa shape index (κ3) is 3.76. The van der Waals surface area contributed by atoms with Crippen molar-refractivity contribution in [3.63, 3.8) is 0 Å². The Balaban J connectivity index is 3.07. The normalized spacial score (nSPS) is 11.3. The zero-order valence-corrected chi connectivity index (χ0v) is 16.3. The number of methoxy groups -OCH3 is 1. The van der Waals surface area contributed by atoms with Crippen LogP contribution in [-0.4, -0.2) is 26.1 Å². The highest BCUT2D eigenvalue weighted by atomic mass is 35.5. The van der Waals surface area contributed by atoms with E-state index in [1.807, 2.05) is 19.6 Å². The van der Waals surface area contributed by atoms with Gasteiger partial charge in [0.1, 0.15) is 11.6 Å². The molecule has 0 aliphatic heterocycles. The number of hydrogen-bond donors (Lipinski definition) is 0. The van der Waals surface area contributed by atoms with E-state index in [0.29, 0.717) is 6.07 Å². The lowest BCUT2D eigenvalue weighted by Crippen LogP contribution is -2.40. The van der Waals surface area contributed by atoms with Gasteiger partial charge in [-0.3, -0.25) is 10.1 Å². The summed E-state index contributed by atoms with van der Waals surface area (Å²) >= 11 is 6.26. The second-order valence-corrected chi connectivity index (χ2v) is 12.1. The van der Waals surface area contributed by atoms with Crippen molar-refractivity contribution in [1.29, 1.82) is 0 Å². The molecule has 0 spiro atoms. The Morgan fingerprint density at radius 3 is 2.12 bits per heavy atom. The molecule has 2 aromatic rings. The molecule has 0 saturated carbocycles. The van der Waals surface area contributed by atoms with Crippen LogP contribution in [0.5, 0.6) is 0 Å². The molecule has 0 atom stereocenters. The highest BCUT2D eigenvalue weighted by Crippen LogP contribution is 2.37. The number of hydrogen-bond acceptors (Lipinski definition) is 4. The Kier molecular flexibility index (Phi) is 5.48. The molecule has 0 amide bonds. The standard InChI is InChI=1S/C17H16ClF2NO4Si/c1-25-17(22)12-8-13(18)16(26(2,3)4)15(21(23)24)14(12)9-5-10(19)7-11(20)6-9/h5-8H,1-4H3. The van der Waals surface area contributed by atoms with Crippen LogP contribution < -0.4 is 5.19 Å². The summed E-state index contributed by atoms with van der Waals surface area (Å²) in [5.41, 5.74) is -0.994. The number of rotatable bonds is 4. The third-order valence-corrected chi connectivity index (χ3v) is 6.20. The average molecular weight is 400 g/mol. The fourth-order valence-corrected chi connectivity index (χ4v) is 5.56. The molecule has 0 saturated heterocycles. The monoisotopic (exact) mass is 399 g/mol. The molecule has 5 nitrogen and oxygen atoms in total. The molecule has 2 rings (SSSR count). The van der Waals surface area contributed by atoms with E-state index >= 15 is 0 Å². The minimum atomic E-state index is -2.36. The van der Waals surface area contributed by atoms with Crippen molar-refractivity contribution >= 4 is 36.5 Å². The number of ether oxygens (including phenoxy) is 1. The highest BCUT2D eigenvalue weighted by Gasteiger charge is 2.36. The molecule has 0 heterocycles. The van der Waals surface area contributed by atoms with Gasteiger partial charge in [-0.05, 0) is 23.8 Å². The Labute approximate surface area is 154 Å². The van der Waals surface area contributed by atoms with Gasteiger partial charge in [0.2, 0.25) is 0 Å². The van der Waals surface area contributed by atoms with Gasteiger partial charge < -0.3 is 4.74 Å². The van der Waals surface area contributed by atoms with Crippen LogP contribution in [0, 0.1) is 21.7 Å². The summed E-state index contributed by atoms with van der Waals surface area (Å²) in [6.07, 6.45) is 0. The fraction of sp³-hybridized carbons (Fsp3) is 0.235. The van der Waals surface area contributed by atoms with Gasteiger partial charge in [0.15, 0.2) is 0 Å². The average Bonchev–Trinajstić information content (AvgIpc) is 2.50. The summed E-state index contributed by atoms with van der Waals surface area (Å²) in [4.78, 5) is 23.4. The van der Waals surface area contributed by atoms with Crippen LogP contribution in [0.1, 0.15) is 10.4 Å². The van der Waals surface area contributed by atoms with Crippen molar-refractivity contribution in [2.24, 2.45) is 0 Å². The maximum atomic E-state index is 13.7. The fourth-order valence-electron chi connectivity index (χ4n) is 2.79. The maximum Gasteiger partial charge on any atom is 0.338 e. The molecular weight excluding hydrogens is 384 g/mol. The molecule has 0 unspecified atom stereocenters. The summed E-state index contributed by atoms with van der Waals surface area (Å²) < 4.78 is 32.1. The number of esters is 1. The largest absolute Gasteiger partial charge is 0.465 e. The van der Waals surface area contributed by atoms with Crippen LogP contribution in [0.4, 0.5) is 14.5 Å². The predicted octanol–water partition coefficient (Wildman–Crippen LogP) is 4.53. The Morgan fingerprint density at radius 1 is 1.15 bits per heavy atom. The van der Waals surface area contributed by atoms with E-state index in [9.17, 15) is 23.7 Å². The van der Waals surface area contributed by atoms with Crippen molar-refractivity contribution in [3.05, 3.63) is 56.6 Å². The highest BCUT2D eigenvalue weighted by molar-refractivity contribution is 6.91. The van der Waals surface area contributed by atoms with Crippen LogP contribution in [0.25, 0.3) is 11.1 Å². The van der Waals surface area contributed by atoms with E-state index in [-0.39, 0.29) is 26.9 Å². The zero-order chi connectivity index (χ0) is 19.8. The van der Waals surface area contributed by atoms with E-state index in [1.54, 1.807) is 0 Å². The van der Waals surface area contributed by atoms with E-state index in [4.69, 9.17) is 11.6 Å².